The Hall–Kier alpha value is -2.82. The molecule has 112 valence electrons. The van der Waals surface area contributed by atoms with Crippen molar-refractivity contribution in [3.63, 3.8) is 0 Å². The minimum Gasteiger partial charge on any atom is -0.457 e. The van der Waals surface area contributed by atoms with Crippen molar-refractivity contribution in [2.24, 2.45) is 0 Å². The second-order valence-electron chi connectivity index (χ2n) is 5.03. The lowest BCUT2D eigenvalue weighted by Crippen LogP contribution is -2.14. The number of benzene rings is 1. The second kappa shape index (κ2) is 6.30. The van der Waals surface area contributed by atoms with Gasteiger partial charge in [-0.3, -0.25) is 9.59 Å². The lowest BCUT2D eigenvalue weighted by molar-refractivity contribution is -0.142. The summed E-state index contributed by atoms with van der Waals surface area (Å²) in [6.07, 6.45) is 4.40. The van der Waals surface area contributed by atoms with Crippen molar-refractivity contribution >= 4 is 22.7 Å². The number of hydrogen-bond acceptors (Lipinski definition) is 3. The van der Waals surface area contributed by atoms with Gasteiger partial charge in [-0.25, -0.2) is 0 Å². The third-order valence-electron chi connectivity index (χ3n) is 3.54. The van der Waals surface area contributed by atoms with Gasteiger partial charge >= 0.3 is 5.97 Å². The number of Topliss-reactive ketones (excluding diaryl/α,β-unsaturated/α-hetero) is 1. The number of nitrogens with one attached hydrogen (secondary N) is 2. The summed E-state index contributed by atoms with van der Waals surface area (Å²) >= 11 is 0. The van der Waals surface area contributed by atoms with Gasteiger partial charge in [0.15, 0.2) is 6.61 Å². The average Bonchev–Trinajstić information content (AvgIpc) is 3.20. The van der Waals surface area contributed by atoms with Crippen molar-refractivity contribution in [2.45, 2.75) is 12.8 Å². The standard InChI is InChI=1S/C17H16N2O3/c20-16(15-6-3-9-18-15)11-22-17(21)8-7-12-10-19-14-5-2-1-4-13(12)14/h1-6,9-10,18-19H,7-8,11H2. The molecule has 2 N–H and O–H groups in total. The summed E-state index contributed by atoms with van der Waals surface area (Å²) in [5, 5.41) is 1.11. The van der Waals surface area contributed by atoms with Gasteiger partial charge in [-0.2, -0.15) is 0 Å². The van der Waals surface area contributed by atoms with Crippen molar-refractivity contribution in [1.82, 2.24) is 9.97 Å². The summed E-state index contributed by atoms with van der Waals surface area (Å²) < 4.78 is 5.02. The molecule has 0 aliphatic carbocycles. The largest absolute Gasteiger partial charge is 0.457 e. The summed E-state index contributed by atoms with van der Waals surface area (Å²) in [7, 11) is 0. The number of ether oxygens (including phenoxy) is 1. The van der Waals surface area contributed by atoms with E-state index in [9.17, 15) is 9.59 Å². The van der Waals surface area contributed by atoms with Crippen LogP contribution in [0.3, 0.4) is 0 Å². The maximum absolute atomic E-state index is 11.8. The van der Waals surface area contributed by atoms with Crippen LogP contribution in [0.4, 0.5) is 0 Å². The minimum atomic E-state index is -0.370. The van der Waals surface area contributed by atoms with E-state index in [1.54, 1.807) is 18.3 Å². The Kier molecular flexibility index (Phi) is 4.05. The highest BCUT2D eigenvalue weighted by Gasteiger charge is 2.11. The monoisotopic (exact) mass is 296 g/mol. The molecule has 3 rings (SSSR count). The molecule has 2 heterocycles. The highest BCUT2D eigenvalue weighted by molar-refractivity contribution is 5.96. The maximum atomic E-state index is 11.8. The molecule has 0 atom stereocenters. The molecular weight excluding hydrogens is 280 g/mol. The molecule has 0 saturated heterocycles. The molecule has 1 aromatic carbocycles. The molecule has 3 aromatic rings. The van der Waals surface area contributed by atoms with Crippen LogP contribution in [0.5, 0.6) is 0 Å². The van der Waals surface area contributed by atoms with Crippen LogP contribution in [0.1, 0.15) is 22.5 Å². The number of rotatable bonds is 6. The Morgan fingerprint density at radius 3 is 2.73 bits per heavy atom. The van der Waals surface area contributed by atoms with Crippen LogP contribution < -0.4 is 0 Å². The summed E-state index contributed by atoms with van der Waals surface area (Å²) in [4.78, 5) is 29.4. The Labute approximate surface area is 127 Å². The average molecular weight is 296 g/mol. The first-order chi connectivity index (χ1) is 10.7. The first-order valence-electron chi connectivity index (χ1n) is 7.11. The normalized spacial score (nSPS) is 10.7. The number of para-hydroxylation sites is 1. The fraction of sp³-hybridized carbons (Fsp3) is 0.176. The summed E-state index contributed by atoms with van der Waals surface area (Å²) in [5.41, 5.74) is 2.57. The van der Waals surface area contributed by atoms with Crippen LogP contribution in [0, 0.1) is 0 Å². The Morgan fingerprint density at radius 2 is 1.91 bits per heavy atom. The van der Waals surface area contributed by atoms with E-state index >= 15 is 0 Å². The Morgan fingerprint density at radius 1 is 1.05 bits per heavy atom. The first-order valence-corrected chi connectivity index (χ1v) is 7.11. The van der Waals surface area contributed by atoms with E-state index in [4.69, 9.17) is 4.74 Å². The number of aromatic amines is 2. The predicted molar refractivity (Wildman–Crippen MR) is 82.7 cm³/mol. The van der Waals surface area contributed by atoms with Crippen molar-refractivity contribution in [3.8, 4) is 0 Å². The zero-order valence-electron chi connectivity index (χ0n) is 12.0. The third-order valence-corrected chi connectivity index (χ3v) is 3.54. The van der Waals surface area contributed by atoms with Gasteiger partial charge in [0.05, 0.1) is 5.69 Å². The molecule has 0 spiro atoms. The molecule has 0 saturated carbocycles. The van der Waals surface area contributed by atoms with Crippen LogP contribution in [0.2, 0.25) is 0 Å². The van der Waals surface area contributed by atoms with E-state index in [-0.39, 0.29) is 24.8 Å². The molecule has 22 heavy (non-hydrogen) atoms. The third kappa shape index (κ3) is 3.09. The predicted octanol–water partition coefficient (Wildman–Crippen LogP) is 2.85. The molecular formula is C17H16N2O3. The quantitative estimate of drug-likeness (QED) is 0.542. The van der Waals surface area contributed by atoms with Gasteiger partial charge in [0.25, 0.3) is 0 Å². The fourth-order valence-corrected chi connectivity index (χ4v) is 2.37. The molecule has 0 radical (unpaired) electrons. The van der Waals surface area contributed by atoms with Gasteiger partial charge in [-0.05, 0) is 30.2 Å². The van der Waals surface area contributed by atoms with Crippen LogP contribution in [0.25, 0.3) is 10.9 Å². The van der Waals surface area contributed by atoms with Crippen LogP contribution in [-0.2, 0) is 16.0 Å². The van der Waals surface area contributed by atoms with E-state index in [0.29, 0.717) is 12.1 Å². The Bertz CT molecular complexity index is 787. The molecule has 5 heteroatoms. The van der Waals surface area contributed by atoms with Gasteiger partial charge in [0.1, 0.15) is 0 Å². The summed E-state index contributed by atoms with van der Waals surface area (Å²) in [5.74, 6) is -0.601. The van der Waals surface area contributed by atoms with E-state index in [2.05, 4.69) is 9.97 Å². The van der Waals surface area contributed by atoms with Gasteiger partial charge in [-0.15, -0.1) is 0 Å². The van der Waals surface area contributed by atoms with Crippen LogP contribution >= 0.6 is 0 Å². The number of fused-ring (bicyclic) bond motifs is 1. The number of esters is 1. The topological polar surface area (TPSA) is 75.0 Å². The van der Waals surface area contributed by atoms with Crippen LogP contribution in [-0.4, -0.2) is 28.3 Å². The number of carbonyl (C=O) groups excluding carboxylic acids is 2. The van der Waals surface area contributed by atoms with Gasteiger partial charge in [0, 0.05) is 29.7 Å². The zero-order chi connectivity index (χ0) is 15.4. The van der Waals surface area contributed by atoms with E-state index in [1.165, 1.54) is 0 Å². The van der Waals surface area contributed by atoms with E-state index < -0.39 is 0 Å². The van der Waals surface area contributed by atoms with Gasteiger partial charge in [-0.1, -0.05) is 18.2 Å². The van der Waals surface area contributed by atoms with Crippen molar-refractivity contribution in [1.29, 1.82) is 0 Å². The fourth-order valence-electron chi connectivity index (χ4n) is 2.37. The zero-order valence-corrected chi connectivity index (χ0v) is 12.0. The minimum absolute atomic E-state index is 0.229. The van der Waals surface area contributed by atoms with Gasteiger partial charge < -0.3 is 14.7 Å². The van der Waals surface area contributed by atoms with E-state index in [1.807, 2.05) is 30.5 Å². The maximum Gasteiger partial charge on any atom is 0.306 e. The first kappa shape index (κ1) is 14.1. The number of aryl methyl sites for hydroxylation is 1. The molecule has 0 bridgehead atoms. The lowest BCUT2D eigenvalue weighted by atomic mass is 10.1. The second-order valence-corrected chi connectivity index (χ2v) is 5.03. The molecule has 5 nitrogen and oxygen atoms in total. The molecule has 0 aliphatic heterocycles. The number of aromatic nitrogens is 2. The molecule has 2 aromatic heterocycles. The van der Waals surface area contributed by atoms with Crippen LogP contribution in [0.15, 0.2) is 48.8 Å². The highest BCUT2D eigenvalue weighted by Crippen LogP contribution is 2.19. The molecule has 0 fully saturated rings. The number of ketones is 1. The SMILES string of the molecule is O=C(CCc1c[nH]c2ccccc12)OCC(=O)c1ccc[nH]1. The molecule has 0 amide bonds. The van der Waals surface area contributed by atoms with Crippen molar-refractivity contribution < 1.29 is 14.3 Å². The number of hydrogen-bond donors (Lipinski definition) is 2. The molecule has 0 unspecified atom stereocenters. The van der Waals surface area contributed by atoms with E-state index in [0.717, 1.165) is 16.5 Å². The Balaban J connectivity index is 1.51. The summed E-state index contributed by atoms with van der Waals surface area (Å²) in [6.45, 7) is -0.229. The molecule has 0 aliphatic rings. The number of carbonyl (C=O) groups is 2. The lowest BCUT2D eigenvalue weighted by Gasteiger charge is -2.03. The van der Waals surface area contributed by atoms with Crippen molar-refractivity contribution in [2.75, 3.05) is 6.61 Å². The van der Waals surface area contributed by atoms with Crippen molar-refractivity contribution in [3.05, 3.63) is 60.0 Å². The van der Waals surface area contributed by atoms with Gasteiger partial charge in [0.2, 0.25) is 5.78 Å². The smallest absolute Gasteiger partial charge is 0.306 e. The number of H-pyrrole nitrogens is 2. The highest BCUT2D eigenvalue weighted by atomic mass is 16.5. The summed E-state index contributed by atoms with van der Waals surface area (Å²) in [6, 6.07) is 11.3.